The molecule has 0 aliphatic carbocycles. The van der Waals surface area contributed by atoms with Crippen LogP contribution < -0.4 is 0 Å². The molecule has 5 heteroatoms. The third-order valence-corrected chi connectivity index (χ3v) is 2.58. The molecule has 0 radical (unpaired) electrons. The van der Waals surface area contributed by atoms with Crippen molar-refractivity contribution in [2.75, 3.05) is 0 Å². The summed E-state index contributed by atoms with van der Waals surface area (Å²) >= 11 is 1.99. The monoisotopic (exact) mass is 280 g/mol. The number of hydrogen-bond acceptors (Lipinski definition) is 2. The number of carbonyl (C=O) groups is 1. The summed E-state index contributed by atoms with van der Waals surface area (Å²) in [6.45, 7) is 2.80. The van der Waals surface area contributed by atoms with Crippen molar-refractivity contribution in [3.63, 3.8) is 0 Å². The minimum atomic E-state index is -0.915. The summed E-state index contributed by atoms with van der Waals surface area (Å²) in [6, 6.07) is 0. The number of rotatable bonds is 3. The summed E-state index contributed by atoms with van der Waals surface area (Å²) in [5, 5.41) is 12.6. The number of aromatic carboxylic acids is 1. The predicted octanol–water partition coefficient (Wildman–Crippen LogP) is 1.60. The highest BCUT2D eigenvalue weighted by molar-refractivity contribution is 14.1. The van der Waals surface area contributed by atoms with Gasteiger partial charge in [-0.25, -0.2) is 4.79 Å². The predicted molar refractivity (Wildman–Crippen MR) is 52.2 cm³/mol. The standard InChI is InChI=1S/C7H9IN2O2/c1-2-3-10-6(8)5(4-9-10)7(11)12/h4H,2-3H2,1H3,(H,11,12). The lowest BCUT2D eigenvalue weighted by atomic mass is 10.4. The maximum atomic E-state index is 10.6. The van der Waals surface area contributed by atoms with Crippen molar-refractivity contribution < 1.29 is 9.90 Å². The summed E-state index contributed by atoms with van der Waals surface area (Å²) in [7, 11) is 0. The molecule has 0 aliphatic rings. The molecule has 0 saturated heterocycles. The van der Waals surface area contributed by atoms with Gasteiger partial charge in [0.1, 0.15) is 9.26 Å². The molecule has 12 heavy (non-hydrogen) atoms. The van der Waals surface area contributed by atoms with Gasteiger partial charge in [-0.3, -0.25) is 4.68 Å². The Bertz CT molecular complexity index is 296. The second-order valence-electron chi connectivity index (χ2n) is 2.38. The van der Waals surface area contributed by atoms with Gasteiger partial charge in [0.25, 0.3) is 0 Å². The zero-order valence-corrected chi connectivity index (χ0v) is 8.78. The lowest BCUT2D eigenvalue weighted by Gasteiger charge is -1.98. The van der Waals surface area contributed by atoms with Crippen molar-refractivity contribution in [2.24, 2.45) is 0 Å². The van der Waals surface area contributed by atoms with E-state index in [1.165, 1.54) is 6.20 Å². The van der Waals surface area contributed by atoms with Gasteiger partial charge in [0.15, 0.2) is 0 Å². The molecule has 1 aromatic heterocycles. The van der Waals surface area contributed by atoms with E-state index in [2.05, 4.69) is 5.10 Å². The third-order valence-electron chi connectivity index (χ3n) is 1.44. The molecule has 0 unspecified atom stereocenters. The molecule has 0 bridgehead atoms. The Morgan fingerprint density at radius 2 is 2.50 bits per heavy atom. The maximum absolute atomic E-state index is 10.6. The van der Waals surface area contributed by atoms with Crippen LogP contribution >= 0.6 is 22.6 Å². The molecule has 0 aliphatic heterocycles. The fourth-order valence-corrected chi connectivity index (χ4v) is 1.62. The second-order valence-corrected chi connectivity index (χ2v) is 3.40. The summed E-state index contributed by atoms with van der Waals surface area (Å²) < 4.78 is 2.39. The molecule has 4 nitrogen and oxygen atoms in total. The number of nitrogens with zero attached hydrogens (tertiary/aromatic N) is 2. The number of hydrogen-bond donors (Lipinski definition) is 1. The van der Waals surface area contributed by atoms with Crippen molar-refractivity contribution in [2.45, 2.75) is 19.9 Å². The number of carboxylic acids is 1. The van der Waals surface area contributed by atoms with Gasteiger partial charge in [0, 0.05) is 6.54 Å². The second kappa shape index (κ2) is 3.88. The highest BCUT2D eigenvalue weighted by Gasteiger charge is 2.12. The topological polar surface area (TPSA) is 55.1 Å². The molecular formula is C7H9IN2O2. The van der Waals surface area contributed by atoms with Crippen LogP contribution in [0.2, 0.25) is 0 Å². The first-order valence-corrected chi connectivity index (χ1v) is 4.69. The zero-order chi connectivity index (χ0) is 9.14. The number of aromatic nitrogens is 2. The van der Waals surface area contributed by atoms with E-state index < -0.39 is 5.97 Å². The molecule has 1 rings (SSSR count). The van der Waals surface area contributed by atoms with Crippen LogP contribution in [-0.4, -0.2) is 20.9 Å². The van der Waals surface area contributed by atoms with Crippen molar-refractivity contribution in [3.05, 3.63) is 15.5 Å². The lowest BCUT2D eigenvalue weighted by molar-refractivity contribution is 0.0695. The van der Waals surface area contributed by atoms with E-state index in [-0.39, 0.29) is 5.56 Å². The van der Waals surface area contributed by atoms with Gasteiger partial charge in [-0.15, -0.1) is 0 Å². The van der Waals surface area contributed by atoms with Crippen LogP contribution in [-0.2, 0) is 6.54 Å². The van der Waals surface area contributed by atoms with Crippen molar-refractivity contribution in [3.8, 4) is 0 Å². The molecule has 0 spiro atoms. The van der Waals surface area contributed by atoms with Crippen LogP contribution in [0.25, 0.3) is 0 Å². The first kappa shape index (κ1) is 9.50. The van der Waals surface area contributed by atoms with E-state index in [4.69, 9.17) is 5.11 Å². The van der Waals surface area contributed by atoms with Crippen LogP contribution in [0.15, 0.2) is 6.20 Å². The Labute approximate surface area is 83.7 Å². The smallest absolute Gasteiger partial charge is 0.340 e. The maximum Gasteiger partial charge on any atom is 0.340 e. The quantitative estimate of drug-likeness (QED) is 0.855. The van der Waals surface area contributed by atoms with Gasteiger partial charge in [0.05, 0.1) is 6.20 Å². The van der Waals surface area contributed by atoms with E-state index in [0.29, 0.717) is 3.70 Å². The number of carboxylic acid groups (broad SMARTS) is 1. The molecule has 0 saturated carbocycles. The van der Waals surface area contributed by atoms with E-state index in [0.717, 1.165) is 13.0 Å². The normalized spacial score (nSPS) is 10.2. The molecule has 0 atom stereocenters. The van der Waals surface area contributed by atoms with E-state index in [9.17, 15) is 4.79 Å². The van der Waals surface area contributed by atoms with E-state index in [1.807, 2.05) is 29.5 Å². The summed E-state index contributed by atoms with van der Waals surface area (Å²) in [5.41, 5.74) is 0.282. The van der Waals surface area contributed by atoms with Crippen LogP contribution in [0.3, 0.4) is 0 Å². The third kappa shape index (κ3) is 1.77. The van der Waals surface area contributed by atoms with Gasteiger partial charge in [0.2, 0.25) is 0 Å². The largest absolute Gasteiger partial charge is 0.478 e. The summed E-state index contributed by atoms with van der Waals surface area (Å²) in [4.78, 5) is 10.6. The van der Waals surface area contributed by atoms with Gasteiger partial charge in [-0.1, -0.05) is 6.92 Å². The fourth-order valence-electron chi connectivity index (χ4n) is 0.882. The number of halogens is 1. The lowest BCUT2D eigenvalue weighted by Crippen LogP contribution is -2.03. The van der Waals surface area contributed by atoms with Crippen LogP contribution in [0.4, 0.5) is 0 Å². The molecule has 66 valence electrons. The van der Waals surface area contributed by atoms with Crippen LogP contribution in [0.5, 0.6) is 0 Å². The SMILES string of the molecule is CCCn1ncc(C(=O)O)c1I. The van der Waals surface area contributed by atoms with E-state index in [1.54, 1.807) is 4.68 Å². The Balaban J connectivity index is 2.96. The summed E-state index contributed by atoms with van der Waals surface area (Å²) in [6.07, 6.45) is 2.34. The molecule has 0 amide bonds. The van der Waals surface area contributed by atoms with Gasteiger partial charge >= 0.3 is 5.97 Å². The van der Waals surface area contributed by atoms with Gasteiger partial charge in [-0.2, -0.15) is 5.10 Å². The minimum absolute atomic E-state index is 0.282. The zero-order valence-electron chi connectivity index (χ0n) is 6.62. The first-order chi connectivity index (χ1) is 5.66. The molecule has 0 aromatic carbocycles. The van der Waals surface area contributed by atoms with Gasteiger partial charge in [-0.05, 0) is 29.0 Å². The fraction of sp³-hybridized carbons (Fsp3) is 0.429. The molecule has 1 heterocycles. The Hall–Kier alpha value is -0.590. The highest BCUT2D eigenvalue weighted by Crippen LogP contribution is 2.11. The Morgan fingerprint density at radius 3 is 2.92 bits per heavy atom. The Kier molecular flexibility index (Phi) is 3.07. The molecule has 0 fully saturated rings. The highest BCUT2D eigenvalue weighted by atomic mass is 127. The molecule has 1 aromatic rings. The van der Waals surface area contributed by atoms with Crippen molar-refractivity contribution >= 4 is 28.6 Å². The van der Waals surface area contributed by atoms with Crippen LogP contribution in [0, 0.1) is 3.70 Å². The van der Waals surface area contributed by atoms with Gasteiger partial charge < -0.3 is 5.11 Å². The average Bonchev–Trinajstić information content (AvgIpc) is 2.34. The first-order valence-electron chi connectivity index (χ1n) is 3.61. The Morgan fingerprint density at radius 1 is 1.83 bits per heavy atom. The number of aryl methyl sites for hydroxylation is 1. The van der Waals surface area contributed by atoms with E-state index >= 15 is 0 Å². The van der Waals surface area contributed by atoms with Crippen molar-refractivity contribution in [1.29, 1.82) is 0 Å². The molecular weight excluding hydrogens is 271 g/mol. The minimum Gasteiger partial charge on any atom is -0.478 e. The molecule has 1 N–H and O–H groups in total. The van der Waals surface area contributed by atoms with Crippen LogP contribution in [0.1, 0.15) is 23.7 Å². The van der Waals surface area contributed by atoms with Crippen molar-refractivity contribution in [1.82, 2.24) is 9.78 Å². The average molecular weight is 280 g/mol. The summed E-state index contributed by atoms with van der Waals surface area (Å²) in [5.74, 6) is -0.915.